The predicted octanol–water partition coefficient (Wildman–Crippen LogP) is 0.378. The third-order valence-corrected chi connectivity index (χ3v) is 5.14. The van der Waals surface area contributed by atoms with Crippen LogP contribution in [0.25, 0.3) is 0 Å². The summed E-state index contributed by atoms with van der Waals surface area (Å²) in [7, 11) is -3.46. The molecule has 2 N–H and O–H groups in total. The van der Waals surface area contributed by atoms with Gasteiger partial charge in [-0.15, -0.1) is 0 Å². The molecule has 2 heterocycles. The highest BCUT2D eigenvalue weighted by Crippen LogP contribution is 2.25. The number of rotatable bonds is 6. The van der Waals surface area contributed by atoms with Crippen LogP contribution in [0.5, 0.6) is 0 Å². The van der Waals surface area contributed by atoms with Crippen molar-refractivity contribution in [2.24, 2.45) is 5.92 Å². The Balaban J connectivity index is 2.15. The number of hydrogen-bond donors (Lipinski definition) is 2. The number of nitrogens with zero attached hydrogens (tertiary/aromatic N) is 4. The zero-order valence-electron chi connectivity index (χ0n) is 13.4. The van der Waals surface area contributed by atoms with Crippen molar-refractivity contribution < 1.29 is 22.8 Å². The molecule has 25 heavy (non-hydrogen) atoms. The molecule has 10 nitrogen and oxygen atoms in total. The maximum atomic E-state index is 12.2. The summed E-state index contributed by atoms with van der Waals surface area (Å²) in [5.41, 5.74) is 0.215. The molecule has 0 aliphatic heterocycles. The molecule has 2 rings (SSSR count). The van der Waals surface area contributed by atoms with Crippen LogP contribution in [-0.2, 0) is 14.6 Å². The SMILES string of the molecule is CCS(=O)(=O)c1cnc(NC(=O)C(C#N)C(O)c2cnoc2C)nc1. The van der Waals surface area contributed by atoms with Gasteiger partial charge >= 0.3 is 0 Å². The van der Waals surface area contributed by atoms with E-state index >= 15 is 0 Å². The summed E-state index contributed by atoms with van der Waals surface area (Å²) < 4.78 is 28.2. The number of amides is 1. The van der Waals surface area contributed by atoms with Crippen LogP contribution < -0.4 is 5.32 Å². The van der Waals surface area contributed by atoms with Crippen molar-refractivity contribution in [2.75, 3.05) is 11.1 Å². The minimum Gasteiger partial charge on any atom is -0.386 e. The Labute approximate surface area is 143 Å². The maximum absolute atomic E-state index is 12.2. The highest BCUT2D eigenvalue weighted by molar-refractivity contribution is 7.91. The Hall–Kier alpha value is -2.84. The van der Waals surface area contributed by atoms with Crippen molar-refractivity contribution in [3.63, 3.8) is 0 Å². The first-order chi connectivity index (χ1) is 11.8. The van der Waals surface area contributed by atoms with Crippen molar-refractivity contribution in [1.29, 1.82) is 5.26 Å². The molecule has 0 aromatic carbocycles. The molecular weight excluding hydrogens is 350 g/mol. The molecule has 0 bridgehead atoms. The molecule has 2 atom stereocenters. The lowest BCUT2D eigenvalue weighted by Crippen LogP contribution is -2.28. The molecule has 0 aliphatic rings. The monoisotopic (exact) mass is 365 g/mol. The molecule has 2 aromatic rings. The van der Waals surface area contributed by atoms with Crippen molar-refractivity contribution in [1.82, 2.24) is 15.1 Å². The molecule has 0 aliphatic carbocycles. The smallest absolute Gasteiger partial charge is 0.247 e. The van der Waals surface area contributed by atoms with Crippen LogP contribution in [-0.4, -0.2) is 40.3 Å². The molecule has 2 aromatic heterocycles. The molecule has 0 saturated heterocycles. The lowest BCUT2D eigenvalue weighted by atomic mass is 9.97. The molecule has 11 heteroatoms. The Bertz CT molecular complexity index is 900. The molecule has 0 spiro atoms. The normalized spacial score (nSPS) is 13.7. The number of aromatic nitrogens is 3. The third kappa shape index (κ3) is 3.98. The van der Waals surface area contributed by atoms with Crippen LogP contribution in [0.4, 0.5) is 5.95 Å². The van der Waals surface area contributed by atoms with Gasteiger partial charge in [-0.1, -0.05) is 12.1 Å². The van der Waals surface area contributed by atoms with E-state index in [1.807, 2.05) is 0 Å². The van der Waals surface area contributed by atoms with E-state index in [2.05, 4.69) is 20.4 Å². The van der Waals surface area contributed by atoms with E-state index < -0.39 is 27.8 Å². The fourth-order valence-electron chi connectivity index (χ4n) is 1.94. The highest BCUT2D eigenvalue weighted by atomic mass is 32.2. The summed E-state index contributed by atoms with van der Waals surface area (Å²) in [6.45, 7) is 3.02. The average Bonchev–Trinajstić information content (AvgIpc) is 3.02. The highest BCUT2D eigenvalue weighted by Gasteiger charge is 2.31. The fraction of sp³-hybridized carbons (Fsp3) is 0.357. The molecule has 0 radical (unpaired) electrons. The van der Waals surface area contributed by atoms with Gasteiger partial charge in [-0.3, -0.25) is 10.1 Å². The van der Waals surface area contributed by atoms with Gasteiger partial charge < -0.3 is 9.63 Å². The lowest BCUT2D eigenvalue weighted by Gasteiger charge is -2.14. The van der Waals surface area contributed by atoms with Gasteiger partial charge in [0.25, 0.3) is 0 Å². The Morgan fingerprint density at radius 1 is 1.40 bits per heavy atom. The zero-order chi connectivity index (χ0) is 18.6. The van der Waals surface area contributed by atoms with Gasteiger partial charge in [0.05, 0.1) is 30.4 Å². The second-order valence-electron chi connectivity index (χ2n) is 5.02. The van der Waals surface area contributed by atoms with E-state index in [-0.39, 0.29) is 27.9 Å². The summed E-state index contributed by atoms with van der Waals surface area (Å²) in [6.07, 6.45) is 1.89. The largest absolute Gasteiger partial charge is 0.386 e. The Morgan fingerprint density at radius 3 is 2.52 bits per heavy atom. The van der Waals surface area contributed by atoms with Gasteiger partial charge in [-0.25, -0.2) is 18.4 Å². The molecule has 0 saturated carbocycles. The van der Waals surface area contributed by atoms with Crippen LogP contribution in [0.1, 0.15) is 24.4 Å². The Kier molecular flexibility index (Phi) is 5.45. The third-order valence-electron chi connectivity index (χ3n) is 3.45. The number of nitriles is 1. The topological polar surface area (TPSA) is 159 Å². The van der Waals surface area contributed by atoms with Gasteiger partial charge in [-0.2, -0.15) is 5.26 Å². The first-order valence-electron chi connectivity index (χ1n) is 7.14. The maximum Gasteiger partial charge on any atom is 0.247 e. The van der Waals surface area contributed by atoms with Gasteiger partial charge in [0.1, 0.15) is 16.8 Å². The van der Waals surface area contributed by atoms with Crippen molar-refractivity contribution >= 4 is 21.7 Å². The summed E-state index contributed by atoms with van der Waals surface area (Å²) in [5, 5.41) is 25.1. The lowest BCUT2D eigenvalue weighted by molar-refractivity contribution is -0.121. The number of nitrogens with one attached hydrogen (secondary N) is 1. The summed E-state index contributed by atoms with van der Waals surface area (Å²) in [4.78, 5) is 19.6. The van der Waals surface area contributed by atoms with Crippen LogP contribution in [0.2, 0.25) is 0 Å². The van der Waals surface area contributed by atoms with Gasteiger partial charge in [0, 0.05) is 5.56 Å². The van der Waals surface area contributed by atoms with Gasteiger partial charge in [0.15, 0.2) is 15.8 Å². The number of carbonyl (C=O) groups is 1. The number of hydrogen-bond acceptors (Lipinski definition) is 9. The van der Waals surface area contributed by atoms with Crippen LogP contribution in [0.15, 0.2) is 28.0 Å². The molecule has 2 unspecified atom stereocenters. The van der Waals surface area contributed by atoms with Gasteiger partial charge in [-0.05, 0) is 6.92 Å². The van der Waals surface area contributed by atoms with Crippen molar-refractivity contribution in [2.45, 2.75) is 24.8 Å². The molecular formula is C14H15N5O5S. The molecule has 0 fully saturated rings. The van der Waals surface area contributed by atoms with E-state index in [0.29, 0.717) is 0 Å². The van der Waals surface area contributed by atoms with E-state index in [9.17, 15) is 23.6 Å². The number of anilines is 1. The van der Waals surface area contributed by atoms with E-state index in [4.69, 9.17) is 4.52 Å². The second-order valence-corrected chi connectivity index (χ2v) is 7.30. The van der Waals surface area contributed by atoms with Crippen molar-refractivity contribution in [3.05, 3.63) is 29.9 Å². The van der Waals surface area contributed by atoms with Crippen molar-refractivity contribution in [3.8, 4) is 6.07 Å². The first-order valence-corrected chi connectivity index (χ1v) is 8.80. The number of sulfone groups is 1. The number of aryl methyl sites for hydroxylation is 1. The first kappa shape index (κ1) is 18.5. The standard InChI is InChI=1S/C14H15N5O5S/c1-3-25(22,23)9-5-16-14(17-6-9)19-13(21)10(4-15)12(20)11-7-18-24-8(11)2/h5-7,10,12,20H,3H2,1-2H3,(H,16,17,19,21). The van der Waals surface area contributed by atoms with E-state index in [0.717, 1.165) is 12.4 Å². The minimum absolute atomic E-state index is 0.0787. The minimum atomic E-state index is -3.46. The van der Waals surface area contributed by atoms with Crippen LogP contribution in [0.3, 0.4) is 0 Å². The number of aliphatic hydroxyl groups is 1. The number of carbonyl (C=O) groups excluding carboxylic acids is 1. The summed E-state index contributed by atoms with van der Waals surface area (Å²) in [5.74, 6) is -2.31. The quantitative estimate of drug-likeness (QED) is 0.737. The summed E-state index contributed by atoms with van der Waals surface area (Å²) >= 11 is 0. The van der Waals surface area contributed by atoms with Crippen LogP contribution in [0, 0.1) is 24.2 Å². The average molecular weight is 365 g/mol. The summed E-state index contributed by atoms with van der Waals surface area (Å²) in [6, 6.07) is 1.70. The predicted molar refractivity (Wildman–Crippen MR) is 83.7 cm³/mol. The second kappa shape index (κ2) is 7.37. The van der Waals surface area contributed by atoms with Crippen LogP contribution >= 0.6 is 0 Å². The molecule has 132 valence electrons. The fourth-order valence-corrected chi connectivity index (χ4v) is 2.70. The van der Waals surface area contributed by atoms with E-state index in [1.54, 1.807) is 6.07 Å². The molecule has 1 amide bonds. The Morgan fingerprint density at radius 2 is 2.04 bits per heavy atom. The zero-order valence-corrected chi connectivity index (χ0v) is 14.2. The number of aliphatic hydroxyl groups excluding tert-OH is 1. The van der Waals surface area contributed by atoms with E-state index in [1.165, 1.54) is 20.0 Å². The van der Waals surface area contributed by atoms with Gasteiger partial charge in [0.2, 0.25) is 11.9 Å².